The van der Waals surface area contributed by atoms with Crippen molar-refractivity contribution in [2.45, 2.75) is 44.4 Å². The zero-order valence-corrected chi connectivity index (χ0v) is 16.3. The Balaban J connectivity index is 1.66. The maximum Gasteiger partial charge on any atom is 0.225 e. The molecule has 0 N–H and O–H groups in total. The summed E-state index contributed by atoms with van der Waals surface area (Å²) in [5.41, 5.74) is 1.25. The molecule has 2 heterocycles. The molecule has 2 aliphatic heterocycles. The number of benzene rings is 1. The minimum absolute atomic E-state index is 0.00749. The van der Waals surface area contributed by atoms with Crippen LogP contribution >= 0.6 is 0 Å². The molecule has 4 atom stereocenters. The van der Waals surface area contributed by atoms with Crippen LogP contribution in [0.1, 0.15) is 37.8 Å². The Morgan fingerprint density at radius 3 is 2.73 bits per heavy atom. The second kappa shape index (κ2) is 8.98. The summed E-state index contributed by atoms with van der Waals surface area (Å²) in [7, 11) is 4.05. The SMILES string of the molecule is CC[C@H]1C[C@@H](C(=O)N(C)C[C@@H]2OCCN(C)[C@H]2c2ccccc2)CCO1. The fraction of sp³-hybridized carbons (Fsp3) is 0.667. The second-order valence-corrected chi connectivity index (χ2v) is 7.59. The molecule has 0 spiro atoms. The number of likely N-dealkylation sites (N-methyl/N-ethyl adjacent to an activating group) is 2. The quantitative estimate of drug-likeness (QED) is 0.810. The predicted octanol–water partition coefficient (Wildman–Crippen LogP) is 2.72. The minimum Gasteiger partial charge on any atom is -0.378 e. The van der Waals surface area contributed by atoms with E-state index in [0.29, 0.717) is 19.8 Å². The number of ether oxygens (including phenoxy) is 2. The van der Waals surface area contributed by atoms with Crippen LogP contribution in [0.2, 0.25) is 0 Å². The number of carbonyl (C=O) groups is 1. The van der Waals surface area contributed by atoms with E-state index >= 15 is 0 Å². The topological polar surface area (TPSA) is 42.0 Å². The molecule has 2 saturated heterocycles. The molecule has 0 aromatic heterocycles. The van der Waals surface area contributed by atoms with Crippen molar-refractivity contribution < 1.29 is 14.3 Å². The van der Waals surface area contributed by atoms with E-state index in [1.807, 2.05) is 18.0 Å². The number of amides is 1. The van der Waals surface area contributed by atoms with Gasteiger partial charge in [0.25, 0.3) is 0 Å². The van der Waals surface area contributed by atoms with E-state index in [-0.39, 0.29) is 30.1 Å². The van der Waals surface area contributed by atoms with Crippen LogP contribution in [0.25, 0.3) is 0 Å². The lowest BCUT2D eigenvalue weighted by Gasteiger charge is -2.41. The largest absolute Gasteiger partial charge is 0.378 e. The third kappa shape index (κ3) is 4.45. The number of rotatable bonds is 5. The number of carbonyl (C=O) groups excluding carboxylic acids is 1. The van der Waals surface area contributed by atoms with Gasteiger partial charge in [-0.15, -0.1) is 0 Å². The van der Waals surface area contributed by atoms with Gasteiger partial charge in [0.1, 0.15) is 0 Å². The average Bonchev–Trinajstić information content (AvgIpc) is 2.68. The molecule has 0 bridgehead atoms. The third-order valence-corrected chi connectivity index (χ3v) is 5.75. The van der Waals surface area contributed by atoms with Gasteiger partial charge in [-0.05, 0) is 31.9 Å². The van der Waals surface area contributed by atoms with Gasteiger partial charge in [-0.1, -0.05) is 37.3 Å². The second-order valence-electron chi connectivity index (χ2n) is 7.59. The van der Waals surface area contributed by atoms with E-state index in [1.165, 1.54) is 5.56 Å². The fourth-order valence-electron chi connectivity index (χ4n) is 4.19. The highest BCUT2D eigenvalue weighted by atomic mass is 16.5. The maximum absolute atomic E-state index is 13.0. The first kappa shape index (κ1) is 19.3. The molecule has 144 valence electrons. The number of hydrogen-bond acceptors (Lipinski definition) is 4. The van der Waals surface area contributed by atoms with Gasteiger partial charge in [0.15, 0.2) is 0 Å². The van der Waals surface area contributed by atoms with Crippen LogP contribution in [-0.2, 0) is 14.3 Å². The summed E-state index contributed by atoms with van der Waals surface area (Å²) < 4.78 is 11.8. The fourth-order valence-corrected chi connectivity index (χ4v) is 4.19. The molecule has 2 fully saturated rings. The molecule has 2 aliphatic rings. The number of nitrogens with zero attached hydrogens (tertiary/aromatic N) is 2. The summed E-state index contributed by atoms with van der Waals surface area (Å²) in [6.45, 7) is 5.06. The molecule has 0 unspecified atom stereocenters. The highest BCUT2D eigenvalue weighted by Crippen LogP contribution is 2.30. The van der Waals surface area contributed by atoms with E-state index in [9.17, 15) is 4.79 Å². The van der Waals surface area contributed by atoms with Crippen LogP contribution < -0.4 is 0 Å². The molecule has 1 aromatic carbocycles. The Morgan fingerprint density at radius 2 is 2.00 bits per heavy atom. The molecule has 0 radical (unpaired) electrons. The first-order valence-corrected chi connectivity index (χ1v) is 9.83. The Kier molecular flexibility index (Phi) is 6.68. The minimum atomic E-state index is -0.00749. The summed E-state index contributed by atoms with van der Waals surface area (Å²) in [6, 6.07) is 10.6. The molecule has 3 rings (SSSR count). The highest BCUT2D eigenvalue weighted by molar-refractivity contribution is 5.78. The van der Waals surface area contributed by atoms with Crippen LogP contribution in [0.4, 0.5) is 0 Å². The van der Waals surface area contributed by atoms with Gasteiger partial charge in [-0.25, -0.2) is 0 Å². The Labute approximate surface area is 157 Å². The molecular weight excluding hydrogens is 328 g/mol. The maximum atomic E-state index is 13.0. The lowest BCUT2D eigenvalue weighted by Crippen LogP contribution is -2.50. The summed E-state index contributed by atoms with van der Waals surface area (Å²) in [4.78, 5) is 17.2. The van der Waals surface area contributed by atoms with Gasteiger partial charge >= 0.3 is 0 Å². The molecule has 1 aromatic rings. The van der Waals surface area contributed by atoms with E-state index in [0.717, 1.165) is 25.8 Å². The van der Waals surface area contributed by atoms with E-state index < -0.39 is 0 Å². The highest BCUT2D eigenvalue weighted by Gasteiger charge is 2.35. The van der Waals surface area contributed by atoms with E-state index in [4.69, 9.17) is 9.47 Å². The van der Waals surface area contributed by atoms with Crippen LogP contribution in [0, 0.1) is 5.92 Å². The van der Waals surface area contributed by atoms with Crippen molar-refractivity contribution in [1.82, 2.24) is 9.80 Å². The monoisotopic (exact) mass is 360 g/mol. The van der Waals surface area contributed by atoms with E-state index in [1.54, 1.807) is 0 Å². The summed E-state index contributed by atoms with van der Waals surface area (Å²) >= 11 is 0. The van der Waals surface area contributed by atoms with Crippen molar-refractivity contribution in [3.05, 3.63) is 35.9 Å². The summed E-state index contributed by atoms with van der Waals surface area (Å²) in [6.07, 6.45) is 2.85. The third-order valence-electron chi connectivity index (χ3n) is 5.75. The molecule has 0 aliphatic carbocycles. The van der Waals surface area contributed by atoms with Gasteiger partial charge in [-0.2, -0.15) is 0 Å². The van der Waals surface area contributed by atoms with Crippen molar-refractivity contribution in [2.75, 3.05) is 40.4 Å². The van der Waals surface area contributed by atoms with Crippen LogP contribution in [0.5, 0.6) is 0 Å². The molecule has 26 heavy (non-hydrogen) atoms. The molecular formula is C21H32N2O3. The first-order chi connectivity index (χ1) is 12.6. The van der Waals surface area contributed by atoms with Crippen LogP contribution in [-0.4, -0.2) is 68.3 Å². The zero-order valence-electron chi connectivity index (χ0n) is 16.3. The molecule has 0 saturated carbocycles. The molecule has 5 heteroatoms. The zero-order chi connectivity index (χ0) is 18.5. The lowest BCUT2D eigenvalue weighted by atomic mass is 9.92. The average molecular weight is 360 g/mol. The van der Waals surface area contributed by atoms with Crippen molar-refractivity contribution in [1.29, 1.82) is 0 Å². The summed E-state index contributed by atoms with van der Waals surface area (Å²) in [5.74, 6) is 0.311. The van der Waals surface area contributed by atoms with Gasteiger partial charge < -0.3 is 14.4 Å². The van der Waals surface area contributed by atoms with Crippen molar-refractivity contribution >= 4 is 5.91 Å². The van der Waals surface area contributed by atoms with Gasteiger partial charge in [0.05, 0.1) is 24.9 Å². The standard InChI is InChI=1S/C21H32N2O3/c1-4-18-14-17(10-12-25-18)21(24)23(3)15-19-20(22(2)11-13-26-19)16-8-6-5-7-9-16/h5-9,17-20H,4,10-15H2,1-3H3/t17-,18-,19-,20-/m0/s1. The molecule has 1 amide bonds. The van der Waals surface area contributed by atoms with Gasteiger partial charge in [-0.3, -0.25) is 9.69 Å². The van der Waals surface area contributed by atoms with Gasteiger partial charge in [0.2, 0.25) is 5.91 Å². The Bertz CT molecular complexity index is 580. The number of morpholine rings is 1. The summed E-state index contributed by atoms with van der Waals surface area (Å²) in [5, 5.41) is 0. The normalized spacial score (nSPS) is 30.1. The Morgan fingerprint density at radius 1 is 1.23 bits per heavy atom. The van der Waals surface area contributed by atoms with Gasteiger partial charge in [0, 0.05) is 32.7 Å². The van der Waals surface area contributed by atoms with Crippen LogP contribution in [0.15, 0.2) is 30.3 Å². The molecule has 5 nitrogen and oxygen atoms in total. The number of hydrogen-bond donors (Lipinski definition) is 0. The first-order valence-electron chi connectivity index (χ1n) is 9.83. The van der Waals surface area contributed by atoms with Crippen molar-refractivity contribution in [3.63, 3.8) is 0 Å². The van der Waals surface area contributed by atoms with Crippen molar-refractivity contribution in [3.8, 4) is 0 Å². The van der Waals surface area contributed by atoms with E-state index in [2.05, 4.69) is 43.1 Å². The van der Waals surface area contributed by atoms with Crippen molar-refractivity contribution in [2.24, 2.45) is 5.92 Å². The lowest BCUT2D eigenvalue weighted by molar-refractivity contribution is -0.144. The smallest absolute Gasteiger partial charge is 0.225 e. The van der Waals surface area contributed by atoms with Crippen LogP contribution in [0.3, 0.4) is 0 Å². The predicted molar refractivity (Wildman–Crippen MR) is 102 cm³/mol. The Hall–Kier alpha value is -1.43.